The number of hydrogen-bond acceptors (Lipinski definition) is 2. The maximum Gasteiger partial charge on any atom is 0.263 e. The number of nitrogens with one attached hydrogen (secondary N) is 1. The van der Waals surface area contributed by atoms with Gasteiger partial charge in [-0.3, -0.25) is 0 Å². The predicted molar refractivity (Wildman–Crippen MR) is 65.4 cm³/mol. The second kappa shape index (κ2) is 5.53. The van der Waals surface area contributed by atoms with Crippen LogP contribution in [0.4, 0.5) is 14.5 Å². The number of alkyl halides is 2. The summed E-state index contributed by atoms with van der Waals surface area (Å²) >= 11 is 1.96. The first-order valence-electron chi connectivity index (χ1n) is 5.48. The molecule has 1 fully saturated rings. The third kappa shape index (κ3) is 3.11. The summed E-state index contributed by atoms with van der Waals surface area (Å²) in [7, 11) is 0. The summed E-state index contributed by atoms with van der Waals surface area (Å²) in [4.78, 5) is 0. The highest BCUT2D eigenvalue weighted by Gasteiger charge is 2.14. The molecule has 16 heavy (non-hydrogen) atoms. The summed E-state index contributed by atoms with van der Waals surface area (Å²) in [5.41, 5.74) is 0.907. The van der Waals surface area contributed by atoms with Gasteiger partial charge in [0, 0.05) is 17.3 Å². The Hall–Kier alpha value is -0.770. The Morgan fingerprint density at radius 3 is 2.69 bits per heavy atom. The summed E-state index contributed by atoms with van der Waals surface area (Å²) in [6.45, 7) is 0. The molecule has 0 amide bonds. The van der Waals surface area contributed by atoms with Crippen molar-refractivity contribution in [1.82, 2.24) is 0 Å². The maximum atomic E-state index is 12.5. The second-order valence-electron chi connectivity index (χ2n) is 3.96. The number of halogens is 2. The minimum atomic E-state index is -2.39. The van der Waals surface area contributed by atoms with E-state index in [0.29, 0.717) is 6.04 Å². The Morgan fingerprint density at radius 1 is 1.25 bits per heavy atom. The third-order valence-corrected chi connectivity index (χ3v) is 3.78. The van der Waals surface area contributed by atoms with E-state index >= 15 is 0 Å². The molecule has 1 heterocycles. The van der Waals surface area contributed by atoms with E-state index in [0.717, 1.165) is 30.0 Å². The fourth-order valence-corrected chi connectivity index (χ4v) is 2.95. The van der Waals surface area contributed by atoms with Crippen LogP contribution in [0.2, 0.25) is 0 Å². The molecule has 1 aromatic rings. The van der Waals surface area contributed by atoms with Gasteiger partial charge in [0.25, 0.3) is 6.43 Å². The first kappa shape index (κ1) is 11.7. The normalized spacial score (nSPS) is 17.7. The monoisotopic (exact) mass is 243 g/mol. The van der Waals surface area contributed by atoms with Gasteiger partial charge in [0.1, 0.15) is 0 Å². The Morgan fingerprint density at radius 2 is 2.00 bits per heavy atom. The molecule has 2 rings (SSSR count). The van der Waals surface area contributed by atoms with E-state index in [1.165, 1.54) is 6.07 Å². The molecule has 0 atom stereocenters. The van der Waals surface area contributed by atoms with Crippen molar-refractivity contribution in [3.05, 3.63) is 29.8 Å². The third-order valence-electron chi connectivity index (χ3n) is 2.73. The van der Waals surface area contributed by atoms with Gasteiger partial charge in [0.2, 0.25) is 0 Å². The lowest BCUT2D eigenvalue weighted by Gasteiger charge is -2.23. The summed E-state index contributed by atoms with van der Waals surface area (Å²) in [5, 5.41) is 3.33. The topological polar surface area (TPSA) is 12.0 Å². The Bertz CT molecular complexity index is 338. The molecule has 0 aromatic heterocycles. The number of thioether (sulfide) groups is 1. The van der Waals surface area contributed by atoms with E-state index in [1.807, 2.05) is 17.8 Å². The smallest absolute Gasteiger partial charge is 0.263 e. The zero-order valence-corrected chi connectivity index (χ0v) is 9.77. The molecule has 88 valence electrons. The van der Waals surface area contributed by atoms with Crippen LogP contribution in [0.25, 0.3) is 0 Å². The Kier molecular flexibility index (Phi) is 4.04. The number of anilines is 1. The Balaban J connectivity index is 2.00. The molecule has 4 heteroatoms. The van der Waals surface area contributed by atoms with Crippen LogP contribution in [0.5, 0.6) is 0 Å². The molecule has 0 bridgehead atoms. The van der Waals surface area contributed by atoms with Crippen LogP contribution in [0.15, 0.2) is 24.3 Å². The summed E-state index contributed by atoms with van der Waals surface area (Å²) < 4.78 is 25.0. The van der Waals surface area contributed by atoms with E-state index in [4.69, 9.17) is 0 Å². The lowest BCUT2D eigenvalue weighted by Crippen LogP contribution is -2.24. The van der Waals surface area contributed by atoms with Crippen molar-refractivity contribution in [3.63, 3.8) is 0 Å². The van der Waals surface area contributed by atoms with E-state index in [-0.39, 0.29) is 5.56 Å². The Labute approximate surface area is 98.6 Å². The van der Waals surface area contributed by atoms with Crippen LogP contribution in [0, 0.1) is 0 Å². The molecule has 1 aliphatic heterocycles. The minimum absolute atomic E-state index is 0.0928. The highest BCUT2D eigenvalue weighted by Crippen LogP contribution is 2.24. The molecule has 1 saturated heterocycles. The van der Waals surface area contributed by atoms with E-state index < -0.39 is 6.43 Å². The molecule has 1 aromatic carbocycles. The maximum absolute atomic E-state index is 12.5. The van der Waals surface area contributed by atoms with Crippen LogP contribution in [0.1, 0.15) is 24.8 Å². The van der Waals surface area contributed by atoms with Crippen LogP contribution in [0.3, 0.4) is 0 Å². The first-order valence-corrected chi connectivity index (χ1v) is 6.63. The lowest BCUT2D eigenvalue weighted by atomic mass is 10.1. The molecule has 0 spiro atoms. The van der Waals surface area contributed by atoms with Crippen molar-refractivity contribution in [2.75, 3.05) is 16.8 Å². The molecular formula is C12H15F2NS. The predicted octanol–water partition coefficient (Wildman–Crippen LogP) is 3.93. The van der Waals surface area contributed by atoms with Crippen molar-refractivity contribution >= 4 is 17.4 Å². The summed E-state index contributed by atoms with van der Waals surface area (Å²) in [6.07, 6.45) is -0.156. The van der Waals surface area contributed by atoms with Gasteiger partial charge in [0.05, 0.1) is 0 Å². The highest BCUT2D eigenvalue weighted by atomic mass is 32.2. The number of rotatable bonds is 3. The molecule has 0 radical (unpaired) electrons. The molecule has 0 saturated carbocycles. The molecule has 1 N–H and O–H groups in total. The number of benzene rings is 1. The molecule has 1 aliphatic rings. The van der Waals surface area contributed by atoms with Gasteiger partial charge in [-0.15, -0.1) is 0 Å². The van der Waals surface area contributed by atoms with Gasteiger partial charge in [0.15, 0.2) is 0 Å². The minimum Gasteiger partial charge on any atom is -0.382 e. The quantitative estimate of drug-likeness (QED) is 0.863. The van der Waals surface area contributed by atoms with Gasteiger partial charge in [-0.05, 0) is 36.5 Å². The SMILES string of the molecule is FC(F)c1cccc(NC2CCSCC2)c1. The average molecular weight is 243 g/mol. The molecule has 0 unspecified atom stereocenters. The van der Waals surface area contributed by atoms with Crippen LogP contribution >= 0.6 is 11.8 Å². The van der Waals surface area contributed by atoms with Gasteiger partial charge in [-0.25, -0.2) is 8.78 Å². The van der Waals surface area contributed by atoms with Crippen LogP contribution < -0.4 is 5.32 Å². The zero-order valence-electron chi connectivity index (χ0n) is 8.96. The van der Waals surface area contributed by atoms with Crippen LogP contribution in [-0.4, -0.2) is 17.5 Å². The second-order valence-corrected chi connectivity index (χ2v) is 5.18. The van der Waals surface area contributed by atoms with Gasteiger partial charge < -0.3 is 5.32 Å². The van der Waals surface area contributed by atoms with E-state index in [1.54, 1.807) is 12.1 Å². The average Bonchev–Trinajstić information content (AvgIpc) is 2.30. The molecule has 0 aliphatic carbocycles. The lowest BCUT2D eigenvalue weighted by molar-refractivity contribution is 0.151. The van der Waals surface area contributed by atoms with E-state index in [9.17, 15) is 8.78 Å². The van der Waals surface area contributed by atoms with Gasteiger partial charge >= 0.3 is 0 Å². The fourth-order valence-electron chi connectivity index (χ4n) is 1.84. The summed E-state index contributed by atoms with van der Waals surface area (Å²) in [6, 6.07) is 6.99. The standard InChI is InChI=1S/C12H15F2NS/c13-12(14)9-2-1-3-11(8-9)15-10-4-6-16-7-5-10/h1-3,8,10,12,15H,4-7H2. The van der Waals surface area contributed by atoms with Crippen molar-refractivity contribution in [1.29, 1.82) is 0 Å². The summed E-state index contributed by atoms with van der Waals surface area (Å²) in [5.74, 6) is 2.32. The molecule has 1 nitrogen and oxygen atoms in total. The fraction of sp³-hybridized carbons (Fsp3) is 0.500. The van der Waals surface area contributed by atoms with Crippen molar-refractivity contribution in [3.8, 4) is 0 Å². The first-order chi connectivity index (χ1) is 7.75. The van der Waals surface area contributed by atoms with Gasteiger partial charge in [-0.2, -0.15) is 11.8 Å². The largest absolute Gasteiger partial charge is 0.382 e. The van der Waals surface area contributed by atoms with Crippen LogP contribution in [-0.2, 0) is 0 Å². The molecular weight excluding hydrogens is 228 g/mol. The van der Waals surface area contributed by atoms with Gasteiger partial charge in [-0.1, -0.05) is 12.1 Å². The number of hydrogen-bond donors (Lipinski definition) is 1. The van der Waals surface area contributed by atoms with Crippen molar-refractivity contribution < 1.29 is 8.78 Å². The highest BCUT2D eigenvalue weighted by molar-refractivity contribution is 7.99. The van der Waals surface area contributed by atoms with E-state index in [2.05, 4.69) is 5.32 Å². The van der Waals surface area contributed by atoms with Crippen molar-refractivity contribution in [2.45, 2.75) is 25.3 Å². The zero-order chi connectivity index (χ0) is 11.4. The van der Waals surface area contributed by atoms with Crippen molar-refractivity contribution in [2.24, 2.45) is 0 Å².